The Kier molecular flexibility index (Phi) is 3.85. The lowest BCUT2D eigenvalue weighted by molar-refractivity contribution is 0.0667. The molecule has 1 aliphatic carbocycles. The zero-order chi connectivity index (χ0) is 21.1. The summed E-state index contributed by atoms with van der Waals surface area (Å²) in [6.07, 6.45) is 4.33. The molecule has 1 N–H and O–H groups in total. The summed E-state index contributed by atoms with van der Waals surface area (Å²) in [5.74, 6) is -0.108. The van der Waals surface area contributed by atoms with Crippen molar-refractivity contribution in [2.45, 2.75) is 37.5 Å². The van der Waals surface area contributed by atoms with Gasteiger partial charge in [-0.3, -0.25) is 9.63 Å². The highest BCUT2D eigenvalue weighted by atomic mass is 19.1. The number of hydroxylamine groups is 1. The van der Waals surface area contributed by atoms with Crippen molar-refractivity contribution in [1.82, 2.24) is 24.9 Å². The average molecular weight is 421 g/mol. The molecule has 1 amide bonds. The molecule has 7 rings (SSSR count). The molecule has 4 bridgehead atoms. The van der Waals surface area contributed by atoms with Gasteiger partial charge in [-0.05, 0) is 6.07 Å². The van der Waals surface area contributed by atoms with Gasteiger partial charge in [0.05, 0.1) is 18.8 Å². The van der Waals surface area contributed by atoms with Gasteiger partial charge in [0.1, 0.15) is 23.6 Å². The van der Waals surface area contributed by atoms with Crippen LogP contribution in [0.5, 0.6) is 5.88 Å². The predicted molar refractivity (Wildman–Crippen MR) is 103 cm³/mol. The van der Waals surface area contributed by atoms with E-state index in [-0.39, 0.29) is 35.1 Å². The number of ether oxygens (including phenoxy) is 1. The molecule has 1 saturated heterocycles. The standard InChI is InChI=1S/C20H16FN7O3/c21-10-5-13-15-2-4-30-28(15)16-1-3-27-18(25-16)17(14(8-22)26-27)19(29)24-11-6-12(7-11)31-20(13)23-9-10/h1,3,5,9,11-12,15H,2,4,6-7H2,(H,24,29)/t11-,12+,15-/m0/s1. The van der Waals surface area contributed by atoms with Gasteiger partial charge in [0.2, 0.25) is 5.88 Å². The molecule has 2 fully saturated rings. The van der Waals surface area contributed by atoms with E-state index in [0.717, 1.165) is 6.20 Å². The normalized spacial score (nSPS) is 24.5. The highest BCUT2D eigenvalue weighted by molar-refractivity contribution is 6.02. The maximum atomic E-state index is 14.1. The summed E-state index contributed by atoms with van der Waals surface area (Å²) in [7, 11) is 0. The van der Waals surface area contributed by atoms with E-state index >= 15 is 0 Å². The Morgan fingerprint density at radius 2 is 2.23 bits per heavy atom. The summed E-state index contributed by atoms with van der Waals surface area (Å²) < 4.78 is 21.5. The Hall–Kier alpha value is -3.78. The molecule has 1 saturated carbocycles. The quantitative estimate of drug-likeness (QED) is 0.583. The first-order chi connectivity index (χ1) is 15.1. The summed E-state index contributed by atoms with van der Waals surface area (Å²) in [6.45, 7) is 0.398. The first kappa shape index (κ1) is 18.0. The molecule has 0 radical (unpaired) electrons. The van der Waals surface area contributed by atoms with Gasteiger partial charge in [-0.2, -0.15) is 10.4 Å². The lowest BCUT2D eigenvalue weighted by Crippen LogP contribution is -2.49. The van der Waals surface area contributed by atoms with Crippen molar-refractivity contribution in [2.24, 2.45) is 0 Å². The van der Waals surface area contributed by atoms with Crippen LogP contribution in [-0.4, -0.2) is 44.2 Å². The van der Waals surface area contributed by atoms with Crippen LogP contribution in [0.4, 0.5) is 10.2 Å². The molecular formula is C20H16FN7O3. The molecule has 3 aliphatic heterocycles. The van der Waals surface area contributed by atoms with Gasteiger partial charge in [-0.25, -0.2) is 23.9 Å². The Balaban J connectivity index is 1.55. The lowest BCUT2D eigenvalue weighted by Gasteiger charge is -2.36. The second-order valence-electron chi connectivity index (χ2n) is 7.78. The molecule has 4 aliphatic rings. The largest absolute Gasteiger partial charge is 0.474 e. The molecule has 3 aromatic rings. The average Bonchev–Trinajstić information content (AvgIpc) is 3.36. The first-order valence-corrected chi connectivity index (χ1v) is 9.95. The number of carbonyl (C=O) groups excluding carboxylic acids is 1. The predicted octanol–water partition coefficient (Wildman–Crippen LogP) is 1.67. The van der Waals surface area contributed by atoms with Crippen LogP contribution >= 0.6 is 0 Å². The van der Waals surface area contributed by atoms with Crippen LogP contribution < -0.4 is 15.1 Å². The second kappa shape index (κ2) is 6.61. The Labute approximate surface area is 175 Å². The number of pyridine rings is 1. The van der Waals surface area contributed by atoms with E-state index in [1.165, 1.54) is 10.6 Å². The zero-order valence-corrected chi connectivity index (χ0v) is 16.2. The Morgan fingerprint density at radius 1 is 1.35 bits per heavy atom. The van der Waals surface area contributed by atoms with Crippen molar-refractivity contribution in [3.63, 3.8) is 0 Å². The summed E-state index contributed by atoms with van der Waals surface area (Å²) in [6, 6.07) is 4.56. The summed E-state index contributed by atoms with van der Waals surface area (Å²) in [5.41, 5.74) is 0.948. The molecule has 156 valence electrons. The van der Waals surface area contributed by atoms with Crippen molar-refractivity contribution < 1.29 is 18.8 Å². The third kappa shape index (κ3) is 2.79. The molecular weight excluding hydrogens is 405 g/mol. The van der Waals surface area contributed by atoms with Crippen molar-refractivity contribution in [2.75, 3.05) is 11.7 Å². The third-order valence-electron chi connectivity index (χ3n) is 5.85. The van der Waals surface area contributed by atoms with Gasteiger partial charge in [0, 0.05) is 43.1 Å². The molecule has 0 unspecified atom stereocenters. The smallest absolute Gasteiger partial charge is 0.258 e. The molecule has 3 aromatic heterocycles. The Morgan fingerprint density at radius 3 is 3.06 bits per heavy atom. The Bertz CT molecular complexity index is 1260. The maximum absolute atomic E-state index is 14.1. The van der Waals surface area contributed by atoms with Crippen LogP contribution in [0.3, 0.4) is 0 Å². The molecule has 1 atom stereocenters. The number of aromatic nitrogens is 4. The van der Waals surface area contributed by atoms with E-state index in [9.17, 15) is 14.4 Å². The van der Waals surface area contributed by atoms with Crippen LogP contribution in [0.15, 0.2) is 24.5 Å². The van der Waals surface area contributed by atoms with Gasteiger partial charge in [-0.15, -0.1) is 0 Å². The second-order valence-corrected chi connectivity index (χ2v) is 7.78. The van der Waals surface area contributed by atoms with E-state index in [1.54, 1.807) is 17.3 Å². The molecule has 0 aromatic carbocycles. The van der Waals surface area contributed by atoms with Crippen LogP contribution in [0.1, 0.15) is 46.9 Å². The van der Waals surface area contributed by atoms with Crippen LogP contribution in [0.2, 0.25) is 0 Å². The van der Waals surface area contributed by atoms with E-state index < -0.39 is 11.7 Å². The maximum Gasteiger partial charge on any atom is 0.258 e. The molecule has 10 nitrogen and oxygen atoms in total. The van der Waals surface area contributed by atoms with Crippen LogP contribution in [-0.2, 0) is 4.84 Å². The monoisotopic (exact) mass is 421 g/mol. The van der Waals surface area contributed by atoms with Crippen LogP contribution in [0, 0.1) is 17.1 Å². The summed E-state index contributed by atoms with van der Waals surface area (Å²) >= 11 is 0. The third-order valence-corrected chi connectivity index (χ3v) is 5.85. The number of fused-ring (bicyclic) bond motifs is 1. The first-order valence-electron chi connectivity index (χ1n) is 9.95. The van der Waals surface area contributed by atoms with E-state index in [2.05, 4.69) is 20.4 Å². The number of nitriles is 1. The molecule has 6 heterocycles. The van der Waals surface area contributed by atoms with Gasteiger partial charge < -0.3 is 10.1 Å². The van der Waals surface area contributed by atoms with E-state index in [1.807, 2.05) is 6.07 Å². The van der Waals surface area contributed by atoms with E-state index in [4.69, 9.17) is 9.57 Å². The van der Waals surface area contributed by atoms with E-state index in [0.29, 0.717) is 43.1 Å². The van der Waals surface area contributed by atoms with Crippen molar-refractivity contribution >= 4 is 17.4 Å². The number of carbonyl (C=O) groups is 1. The topological polar surface area (TPSA) is 118 Å². The number of nitrogens with zero attached hydrogens (tertiary/aromatic N) is 6. The van der Waals surface area contributed by atoms with Gasteiger partial charge in [0.15, 0.2) is 17.2 Å². The number of nitrogens with one attached hydrogen (secondary N) is 1. The number of anilines is 1. The van der Waals surface area contributed by atoms with Crippen LogP contribution in [0.25, 0.3) is 5.65 Å². The minimum atomic E-state index is -0.464. The fourth-order valence-corrected chi connectivity index (χ4v) is 4.28. The lowest BCUT2D eigenvalue weighted by atomic mass is 9.89. The fraction of sp³-hybridized carbons (Fsp3) is 0.350. The molecule has 0 spiro atoms. The van der Waals surface area contributed by atoms with Crippen molar-refractivity contribution in [3.8, 4) is 11.9 Å². The number of halogens is 1. The fourth-order valence-electron chi connectivity index (χ4n) is 4.28. The van der Waals surface area contributed by atoms with Gasteiger partial charge in [0.25, 0.3) is 5.91 Å². The minimum Gasteiger partial charge on any atom is -0.474 e. The minimum absolute atomic E-state index is 0.00289. The number of rotatable bonds is 0. The molecule has 31 heavy (non-hydrogen) atoms. The number of hydrogen-bond acceptors (Lipinski definition) is 8. The van der Waals surface area contributed by atoms with Gasteiger partial charge >= 0.3 is 0 Å². The van der Waals surface area contributed by atoms with Gasteiger partial charge in [-0.1, -0.05) is 0 Å². The molecule has 11 heteroatoms. The van der Waals surface area contributed by atoms with Crippen molar-refractivity contribution in [1.29, 1.82) is 5.26 Å². The highest BCUT2D eigenvalue weighted by Gasteiger charge is 2.38. The summed E-state index contributed by atoms with van der Waals surface area (Å²) in [4.78, 5) is 27.5. The highest BCUT2D eigenvalue weighted by Crippen LogP contribution is 2.39. The number of hydrogen-bond donors (Lipinski definition) is 1. The van der Waals surface area contributed by atoms with Crippen molar-refractivity contribution in [3.05, 3.63) is 47.2 Å². The zero-order valence-electron chi connectivity index (χ0n) is 16.2. The number of amides is 1. The SMILES string of the molecule is N#Cc1nn2ccc3nc2c1C(=O)N[C@H]1C[C@H](C1)Oc1ncc(F)cc1[C@@H]1CCON31. The summed E-state index contributed by atoms with van der Waals surface area (Å²) in [5, 5.41) is 18.2.